The first-order valence-corrected chi connectivity index (χ1v) is 12.5. The lowest BCUT2D eigenvalue weighted by molar-refractivity contribution is -0.120. The number of amides is 1. The molecule has 12 heteroatoms. The van der Waals surface area contributed by atoms with Crippen molar-refractivity contribution in [3.63, 3.8) is 0 Å². The molecule has 1 aromatic carbocycles. The zero-order valence-corrected chi connectivity index (χ0v) is 22.3. The second-order valence-electron chi connectivity index (χ2n) is 10.3. The first-order valence-electron chi connectivity index (χ1n) is 12.5. The number of pyridine rings is 1. The summed E-state index contributed by atoms with van der Waals surface area (Å²) in [5.41, 5.74) is 2.29. The van der Waals surface area contributed by atoms with Gasteiger partial charge in [-0.2, -0.15) is 8.78 Å². The number of ether oxygens (including phenoxy) is 2. The van der Waals surface area contributed by atoms with E-state index >= 15 is 0 Å². The summed E-state index contributed by atoms with van der Waals surface area (Å²) in [4.78, 5) is 31.6. The number of halogens is 2. The fraction of sp³-hybridized carbons (Fsp3) is 0.444. The first-order chi connectivity index (χ1) is 18.5. The lowest BCUT2D eigenvalue weighted by atomic mass is 9.89. The molecule has 1 aliphatic heterocycles. The van der Waals surface area contributed by atoms with Crippen molar-refractivity contribution in [2.24, 2.45) is 0 Å². The number of rotatable bonds is 8. The Labute approximate surface area is 224 Å². The Morgan fingerprint density at radius 1 is 1.21 bits per heavy atom. The molecule has 39 heavy (non-hydrogen) atoms. The van der Waals surface area contributed by atoms with E-state index < -0.39 is 17.9 Å². The third-order valence-electron chi connectivity index (χ3n) is 6.29. The predicted molar refractivity (Wildman–Crippen MR) is 138 cm³/mol. The molecule has 0 saturated carbocycles. The normalized spacial score (nSPS) is 14.4. The van der Waals surface area contributed by atoms with Gasteiger partial charge in [0.25, 0.3) is 12.4 Å². The standard InChI is InChI=1S/C27H31F2N5O5/c1-27(2,3)39-26(36)34-11-9-17(10-12-34)18-6-8-21(22(13-18)37-16-35)33(4)15-20-7-5-19(14-30-20)24-31-32-25(38-24)23(28)29/h5-8,13-14,16-17,23H,9-12,15H2,1-4H3. The SMILES string of the molecule is CN(Cc1ccc(-c2nnc(C(F)F)o2)cn1)c1ccc(C2CCN(C(=O)OC(C)(C)C)CC2)cc1OC=O. The number of likely N-dealkylation sites (tertiary alicyclic amines) is 1. The highest BCUT2D eigenvalue weighted by molar-refractivity contribution is 5.68. The van der Waals surface area contributed by atoms with Crippen LogP contribution in [0, 0.1) is 0 Å². The first kappa shape index (κ1) is 27.9. The summed E-state index contributed by atoms with van der Waals surface area (Å²) in [6.07, 6.45) is -0.138. The molecular weight excluding hydrogens is 512 g/mol. The highest BCUT2D eigenvalue weighted by Crippen LogP contribution is 2.36. The van der Waals surface area contributed by atoms with E-state index in [1.807, 2.05) is 50.9 Å². The van der Waals surface area contributed by atoms with Crippen LogP contribution >= 0.6 is 0 Å². The summed E-state index contributed by atoms with van der Waals surface area (Å²) < 4.78 is 41.2. The van der Waals surface area contributed by atoms with Crippen molar-refractivity contribution >= 4 is 18.3 Å². The van der Waals surface area contributed by atoms with Crippen LogP contribution in [0.4, 0.5) is 19.3 Å². The molecule has 0 aliphatic carbocycles. The molecule has 1 amide bonds. The summed E-state index contributed by atoms with van der Waals surface area (Å²) in [6, 6.07) is 9.15. The number of nitrogens with zero attached hydrogens (tertiary/aromatic N) is 5. The van der Waals surface area contributed by atoms with Gasteiger partial charge in [-0.3, -0.25) is 9.78 Å². The van der Waals surface area contributed by atoms with Crippen LogP contribution in [0.5, 0.6) is 5.75 Å². The minimum atomic E-state index is -2.84. The minimum absolute atomic E-state index is 0.0353. The molecular formula is C27H31F2N5O5. The van der Waals surface area contributed by atoms with Crippen LogP contribution in [0.15, 0.2) is 40.9 Å². The van der Waals surface area contributed by atoms with Crippen molar-refractivity contribution in [1.82, 2.24) is 20.1 Å². The van der Waals surface area contributed by atoms with Gasteiger partial charge in [0.15, 0.2) is 5.75 Å². The van der Waals surface area contributed by atoms with Crippen molar-refractivity contribution in [2.75, 3.05) is 25.0 Å². The smallest absolute Gasteiger partial charge is 0.410 e. The van der Waals surface area contributed by atoms with Crippen LogP contribution in [-0.4, -0.2) is 58.4 Å². The molecule has 3 aromatic rings. The Morgan fingerprint density at radius 3 is 2.54 bits per heavy atom. The van der Waals surface area contributed by atoms with Gasteiger partial charge in [0.2, 0.25) is 5.89 Å². The number of alkyl halides is 2. The summed E-state index contributed by atoms with van der Waals surface area (Å²) in [5, 5.41) is 6.96. The number of piperidine rings is 1. The lowest BCUT2D eigenvalue weighted by Crippen LogP contribution is -2.41. The average molecular weight is 544 g/mol. The van der Waals surface area contributed by atoms with Gasteiger partial charge in [-0.25, -0.2) is 4.79 Å². The Kier molecular flexibility index (Phi) is 8.41. The molecule has 1 aliphatic rings. The van der Waals surface area contributed by atoms with E-state index in [2.05, 4.69) is 15.2 Å². The molecule has 0 atom stereocenters. The van der Waals surface area contributed by atoms with Crippen LogP contribution in [0.3, 0.4) is 0 Å². The van der Waals surface area contributed by atoms with Gasteiger partial charge < -0.3 is 23.7 Å². The van der Waals surface area contributed by atoms with E-state index in [0.29, 0.717) is 48.8 Å². The number of benzene rings is 1. The number of aromatic nitrogens is 3. The third-order valence-corrected chi connectivity index (χ3v) is 6.29. The maximum atomic E-state index is 12.7. The van der Waals surface area contributed by atoms with E-state index in [1.165, 1.54) is 6.20 Å². The quantitative estimate of drug-likeness (QED) is 0.347. The van der Waals surface area contributed by atoms with Gasteiger partial charge in [0, 0.05) is 26.3 Å². The molecule has 0 radical (unpaired) electrons. The van der Waals surface area contributed by atoms with Crippen LogP contribution in [0.25, 0.3) is 11.5 Å². The number of carbonyl (C=O) groups is 2. The number of carbonyl (C=O) groups excluding carboxylic acids is 2. The molecule has 3 heterocycles. The molecule has 10 nitrogen and oxygen atoms in total. The summed E-state index contributed by atoms with van der Waals surface area (Å²) in [7, 11) is 1.84. The molecule has 1 fully saturated rings. The number of hydrogen-bond donors (Lipinski definition) is 0. The maximum Gasteiger partial charge on any atom is 0.410 e. The molecule has 208 valence electrons. The molecule has 0 bridgehead atoms. The van der Waals surface area contributed by atoms with E-state index in [9.17, 15) is 18.4 Å². The highest BCUT2D eigenvalue weighted by atomic mass is 19.3. The number of anilines is 1. The number of hydrogen-bond acceptors (Lipinski definition) is 9. The van der Waals surface area contributed by atoms with Crippen LogP contribution in [0.2, 0.25) is 0 Å². The van der Waals surface area contributed by atoms with Crippen molar-refractivity contribution in [3.05, 3.63) is 53.7 Å². The van der Waals surface area contributed by atoms with Crippen LogP contribution in [0.1, 0.15) is 63.1 Å². The predicted octanol–water partition coefficient (Wildman–Crippen LogP) is 5.36. The Morgan fingerprint density at radius 2 is 1.95 bits per heavy atom. The van der Waals surface area contributed by atoms with E-state index in [1.54, 1.807) is 17.0 Å². The zero-order valence-electron chi connectivity index (χ0n) is 22.3. The highest BCUT2D eigenvalue weighted by Gasteiger charge is 2.28. The zero-order chi connectivity index (χ0) is 28.2. The van der Waals surface area contributed by atoms with Crippen molar-refractivity contribution < 1.29 is 32.3 Å². The van der Waals surface area contributed by atoms with Gasteiger partial charge >= 0.3 is 12.5 Å². The fourth-order valence-corrected chi connectivity index (χ4v) is 4.38. The second-order valence-corrected chi connectivity index (χ2v) is 10.3. The fourth-order valence-electron chi connectivity index (χ4n) is 4.38. The van der Waals surface area contributed by atoms with Gasteiger partial charge in [-0.1, -0.05) is 6.07 Å². The summed E-state index contributed by atoms with van der Waals surface area (Å²) >= 11 is 0. The Bertz CT molecular complexity index is 1280. The third kappa shape index (κ3) is 7.06. The van der Waals surface area contributed by atoms with E-state index in [4.69, 9.17) is 13.9 Å². The topological polar surface area (TPSA) is 111 Å². The summed E-state index contributed by atoms with van der Waals surface area (Å²) in [5.74, 6) is -0.149. The average Bonchev–Trinajstić information content (AvgIpc) is 3.39. The second kappa shape index (κ2) is 11.7. The van der Waals surface area contributed by atoms with Crippen LogP contribution in [-0.2, 0) is 16.1 Å². The van der Waals surface area contributed by atoms with Gasteiger partial charge in [-0.15, -0.1) is 10.2 Å². The van der Waals surface area contributed by atoms with Gasteiger partial charge in [0.05, 0.1) is 23.5 Å². The van der Waals surface area contributed by atoms with Crippen molar-refractivity contribution in [2.45, 2.75) is 58.1 Å². The van der Waals surface area contributed by atoms with Crippen LogP contribution < -0.4 is 9.64 Å². The Hall–Kier alpha value is -4.09. The lowest BCUT2D eigenvalue weighted by Gasteiger charge is -2.34. The largest absolute Gasteiger partial charge is 0.444 e. The van der Waals surface area contributed by atoms with Crippen molar-refractivity contribution in [3.8, 4) is 17.2 Å². The Balaban J connectivity index is 1.41. The molecule has 4 rings (SSSR count). The summed E-state index contributed by atoms with van der Waals surface area (Å²) in [6.45, 7) is 7.49. The molecule has 2 aromatic heterocycles. The van der Waals surface area contributed by atoms with Gasteiger partial charge in [0.1, 0.15) is 5.60 Å². The van der Waals surface area contributed by atoms with Crippen molar-refractivity contribution in [1.29, 1.82) is 0 Å². The van der Waals surface area contributed by atoms with Gasteiger partial charge in [-0.05, 0) is 69.4 Å². The van der Waals surface area contributed by atoms with E-state index in [0.717, 1.165) is 18.4 Å². The molecule has 0 unspecified atom stereocenters. The molecule has 1 saturated heterocycles. The molecule has 0 spiro atoms. The maximum absolute atomic E-state index is 12.7. The monoisotopic (exact) mass is 543 g/mol. The minimum Gasteiger partial charge on any atom is -0.444 e. The molecule has 0 N–H and O–H groups in total. The van der Waals surface area contributed by atoms with E-state index in [-0.39, 0.29) is 17.9 Å².